The second-order valence-electron chi connectivity index (χ2n) is 2.79. The molecule has 4 nitrogen and oxygen atoms in total. The smallest absolute Gasteiger partial charge is 0.311 e. The van der Waals surface area contributed by atoms with Crippen LogP contribution in [0.2, 0.25) is 0 Å². The van der Waals surface area contributed by atoms with Crippen molar-refractivity contribution in [1.82, 2.24) is 4.98 Å². The molecule has 0 amide bonds. The molecule has 5 heteroatoms. The van der Waals surface area contributed by atoms with Gasteiger partial charge in [0.05, 0.1) is 36.5 Å². The molecule has 1 aromatic rings. The Morgan fingerprint density at radius 1 is 1.60 bits per heavy atom. The van der Waals surface area contributed by atoms with Crippen LogP contribution in [0.3, 0.4) is 0 Å². The first-order valence-electron chi connectivity index (χ1n) is 4.51. The van der Waals surface area contributed by atoms with Crippen LogP contribution in [0.5, 0.6) is 5.75 Å². The van der Waals surface area contributed by atoms with Crippen LogP contribution in [0, 0.1) is 0 Å². The summed E-state index contributed by atoms with van der Waals surface area (Å²) in [6.45, 7) is 2.16. The van der Waals surface area contributed by atoms with Crippen molar-refractivity contribution in [3.8, 4) is 5.75 Å². The van der Waals surface area contributed by atoms with Gasteiger partial charge in [-0.2, -0.15) is 0 Å². The zero-order valence-corrected chi connectivity index (χ0v) is 10.2. The number of aromatic nitrogens is 1. The molecule has 0 unspecified atom stereocenters. The molecule has 1 rings (SSSR count). The number of rotatable bonds is 4. The number of nitrogens with zero attached hydrogens (tertiary/aromatic N) is 1. The van der Waals surface area contributed by atoms with Crippen LogP contribution in [-0.2, 0) is 16.0 Å². The first-order chi connectivity index (χ1) is 7.17. The molecule has 0 aromatic carbocycles. The third-order valence-corrected chi connectivity index (χ3v) is 2.35. The zero-order chi connectivity index (χ0) is 11.3. The van der Waals surface area contributed by atoms with Crippen LogP contribution in [0.15, 0.2) is 16.7 Å². The minimum atomic E-state index is -0.276. The van der Waals surface area contributed by atoms with Gasteiger partial charge in [-0.25, -0.2) is 0 Å². The molecule has 0 aliphatic heterocycles. The number of hydrogen-bond donors (Lipinski definition) is 0. The van der Waals surface area contributed by atoms with Gasteiger partial charge in [-0.1, -0.05) is 0 Å². The highest BCUT2D eigenvalue weighted by atomic mass is 79.9. The van der Waals surface area contributed by atoms with Crippen LogP contribution in [-0.4, -0.2) is 24.7 Å². The summed E-state index contributed by atoms with van der Waals surface area (Å²) < 4.78 is 10.6. The lowest BCUT2D eigenvalue weighted by atomic mass is 10.3. The van der Waals surface area contributed by atoms with E-state index < -0.39 is 0 Å². The molecule has 82 valence electrons. The first kappa shape index (κ1) is 12.0. The summed E-state index contributed by atoms with van der Waals surface area (Å²) in [6.07, 6.45) is 1.75. The van der Waals surface area contributed by atoms with Crippen molar-refractivity contribution < 1.29 is 14.3 Å². The van der Waals surface area contributed by atoms with Gasteiger partial charge >= 0.3 is 5.97 Å². The summed E-state index contributed by atoms with van der Waals surface area (Å²) in [5.41, 5.74) is 0.654. The van der Waals surface area contributed by atoms with Gasteiger partial charge in [-0.15, -0.1) is 0 Å². The number of pyridine rings is 1. The minimum absolute atomic E-state index is 0.177. The number of carbonyl (C=O) groups excluding carboxylic acids is 1. The lowest BCUT2D eigenvalue weighted by Crippen LogP contribution is -2.08. The van der Waals surface area contributed by atoms with Crippen molar-refractivity contribution in [1.29, 1.82) is 0 Å². The predicted octanol–water partition coefficient (Wildman–Crippen LogP) is 1.96. The monoisotopic (exact) mass is 273 g/mol. The molecule has 0 atom stereocenters. The maximum Gasteiger partial charge on any atom is 0.311 e. The topological polar surface area (TPSA) is 48.4 Å². The summed E-state index contributed by atoms with van der Waals surface area (Å²) in [7, 11) is 1.56. The Bertz CT molecular complexity index is 355. The zero-order valence-electron chi connectivity index (χ0n) is 8.62. The fourth-order valence-corrected chi connectivity index (χ4v) is 1.59. The molecule has 0 aliphatic rings. The fourth-order valence-electron chi connectivity index (χ4n) is 1.06. The standard InChI is InChI=1S/C10H12BrNO3/c1-3-15-10(13)5-7-4-8(11)9(14-2)6-12-7/h4,6H,3,5H2,1-2H3. The lowest BCUT2D eigenvalue weighted by Gasteiger charge is -2.05. The van der Waals surface area contributed by atoms with Crippen LogP contribution < -0.4 is 4.74 Å². The molecular weight excluding hydrogens is 262 g/mol. The van der Waals surface area contributed by atoms with E-state index in [1.54, 1.807) is 26.3 Å². The van der Waals surface area contributed by atoms with E-state index in [9.17, 15) is 4.79 Å². The number of methoxy groups -OCH3 is 1. The molecular formula is C10H12BrNO3. The molecule has 0 N–H and O–H groups in total. The average molecular weight is 274 g/mol. The van der Waals surface area contributed by atoms with E-state index in [2.05, 4.69) is 20.9 Å². The van der Waals surface area contributed by atoms with E-state index in [4.69, 9.17) is 9.47 Å². The van der Waals surface area contributed by atoms with Gasteiger partial charge in [0.2, 0.25) is 0 Å². The van der Waals surface area contributed by atoms with Crippen molar-refractivity contribution in [2.75, 3.05) is 13.7 Å². The number of ether oxygens (including phenoxy) is 2. The van der Waals surface area contributed by atoms with Gasteiger partial charge in [0, 0.05) is 0 Å². The first-order valence-corrected chi connectivity index (χ1v) is 5.30. The average Bonchev–Trinajstić information content (AvgIpc) is 2.18. The minimum Gasteiger partial charge on any atom is -0.494 e. The second kappa shape index (κ2) is 5.70. The van der Waals surface area contributed by atoms with Gasteiger partial charge in [-0.3, -0.25) is 9.78 Å². The van der Waals surface area contributed by atoms with Crippen LogP contribution in [0.1, 0.15) is 12.6 Å². The number of esters is 1. The SMILES string of the molecule is CCOC(=O)Cc1cc(Br)c(OC)cn1. The van der Waals surface area contributed by atoms with Gasteiger partial charge in [0.15, 0.2) is 5.75 Å². The molecule has 0 saturated heterocycles. The molecule has 0 aliphatic carbocycles. The molecule has 0 spiro atoms. The summed E-state index contributed by atoms with van der Waals surface area (Å²) in [5.74, 6) is 0.365. The van der Waals surface area contributed by atoms with Gasteiger partial charge in [-0.05, 0) is 28.9 Å². The van der Waals surface area contributed by atoms with E-state index in [1.165, 1.54) is 0 Å². The quantitative estimate of drug-likeness (QED) is 0.787. The van der Waals surface area contributed by atoms with Crippen molar-refractivity contribution in [2.45, 2.75) is 13.3 Å². The Hall–Kier alpha value is -1.10. The van der Waals surface area contributed by atoms with Gasteiger partial charge in [0.25, 0.3) is 0 Å². The van der Waals surface area contributed by atoms with Crippen LogP contribution in [0.4, 0.5) is 0 Å². The maximum atomic E-state index is 11.2. The molecule has 0 fully saturated rings. The van der Waals surface area contributed by atoms with E-state index in [1.807, 2.05) is 0 Å². The summed E-state index contributed by atoms with van der Waals surface area (Å²) in [5, 5.41) is 0. The van der Waals surface area contributed by atoms with E-state index >= 15 is 0 Å². The normalized spacial score (nSPS) is 9.80. The number of hydrogen-bond acceptors (Lipinski definition) is 4. The molecule has 0 radical (unpaired) electrons. The van der Waals surface area contributed by atoms with E-state index in [0.717, 1.165) is 4.47 Å². The highest BCUT2D eigenvalue weighted by Gasteiger charge is 2.07. The molecule has 1 aromatic heterocycles. The highest BCUT2D eigenvalue weighted by molar-refractivity contribution is 9.10. The number of halogens is 1. The molecule has 1 heterocycles. The van der Waals surface area contributed by atoms with Crippen molar-refractivity contribution in [3.63, 3.8) is 0 Å². The predicted molar refractivity (Wildman–Crippen MR) is 58.8 cm³/mol. The third-order valence-electron chi connectivity index (χ3n) is 1.73. The van der Waals surface area contributed by atoms with Crippen LogP contribution in [0.25, 0.3) is 0 Å². The van der Waals surface area contributed by atoms with Crippen molar-refractivity contribution >= 4 is 21.9 Å². The second-order valence-corrected chi connectivity index (χ2v) is 3.65. The van der Waals surface area contributed by atoms with Crippen molar-refractivity contribution in [3.05, 3.63) is 22.4 Å². The summed E-state index contributed by atoms with van der Waals surface area (Å²) in [6, 6.07) is 1.75. The van der Waals surface area contributed by atoms with Gasteiger partial charge < -0.3 is 9.47 Å². The summed E-state index contributed by atoms with van der Waals surface area (Å²) >= 11 is 3.32. The molecule has 0 saturated carbocycles. The Balaban J connectivity index is 2.71. The lowest BCUT2D eigenvalue weighted by molar-refractivity contribution is -0.142. The Labute approximate surface area is 96.7 Å². The maximum absolute atomic E-state index is 11.2. The van der Waals surface area contributed by atoms with Gasteiger partial charge in [0.1, 0.15) is 0 Å². The fraction of sp³-hybridized carbons (Fsp3) is 0.400. The largest absolute Gasteiger partial charge is 0.494 e. The molecule has 15 heavy (non-hydrogen) atoms. The van der Waals surface area contributed by atoms with E-state index in [-0.39, 0.29) is 12.4 Å². The Morgan fingerprint density at radius 2 is 2.33 bits per heavy atom. The number of carbonyl (C=O) groups is 1. The molecule has 0 bridgehead atoms. The van der Waals surface area contributed by atoms with Crippen LogP contribution >= 0.6 is 15.9 Å². The Morgan fingerprint density at radius 3 is 2.87 bits per heavy atom. The Kier molecular flexibility index (Phi) is 4.55. The van der Waals surface area contributed by atoms with E-state index in [0.29, 0.717) is 18.1 Å². The highest BCUT2D eigenvalue weighted by Crippen LogP contribution is 2.23. The summed E-state index contributed by atoms with van der Waals surface area (Å²) in [4.78, 5) is 15.2. The van der Waals surface area contributed by atoms with Crippen molar-refractivity contribution in [2.24, 2.45) is 0 Å². The third kappa shape index (κ3) is 3.51.